The van der Waals surface area contributed by atoms with Crippen molar-refractivity contribution in [3.05, 3.63) is 197 Å². The van der Waals surface area contributed by atoms with Crippen molar-refractivity contribution in [2.75, 3.05) is 13.7 Å². The van der Waals surface area contributed by atoms with Gasteiger partial charge in [0, 0.05) is 17.2 Å². The van der Waals surface area contributed by atoms with Gasteiger partial charge in [0.05, 0.1) is 35.2 Å². The van der Waals surface area contributed by atoms with Crippen molar-refractivity contribution in [2.24, 2.45) is 0 Å². The van der Waals surface area contributed by atoms with Crippen molar-refractivity contribution in [1.29, 1.82) is 0 Å². The monoisotopic (exact) mass is 831 g/mol. The molecule has 7 aromatic rings. The zero-order chi connectivity index (χ0) is 42.5. The van der Waals surface area contributed by atoms with Crippen molar-refractivity contribution < 1.29 is 37.0 Å². The summed E-state index contributed by atoms with van der Waals surface area (Å²) >= 11 is 0. The zero-order valence-corrected chi connectivity index (χ0v) is 34.9. The number of aryl methyl sites for hydroxylation is 1. The highest BCUT2D eigenvalue weighted by molar-refractivity contribution is 7.89. The van der Waals surface area contributed by atoms with Gasteiger partial charge in [0.2, 0.25) is 10.0 Å². The first-order valence-corrected chi connectivity index (χ1v) is 21.5. The van der Waals surface area contributed by atoms with Crippen LogP contribution in [0.4, 0.5) is 0 Å². The molecule has 0 bridgehead atoms. The van der Waals surface area contributed by atoms with Gasteiger partial charge in [-0.3, -0.25) is 0 Å². The Bertz CT molecular complexity index is 2790. The van der Waals surface area contributed by atoms with Crippen LogP contribution in [0, 0.1) is 6.92 Å². The fraction of sp³-hybridized carbons (Fsp3) is 0.176. The molecule has 0 fully saturated rings. The van der Waals surface area contributed by atoms with E-state index >= 15 is 0 Å². The number of ether oxygens (including phenoxy) is 4. The second-order valence-corrected chi connectivity index (χ2v) is 16.9. The van der Waals surface area contributed by atoms with Gasteiger partial charge in [-0.05, 0) is 83.6 Å². The molecule has 0 aromatic heterocycles. The number of esters is 2. The Kier molecular flexibility index (Phi) is 12.0. The fourth-order valence-corrected chi connectivity index (χ4v) is 9.85. The van der Waals surface area contributed by atoms with Crippen LogP contribution in [-0.4, -0.2) is 44.4 Å². The zero-order valence-electron chi connectivity index (χ0n) is 34.1. The fourth-order valence-electron chi connectivity index (χ4n) is 8.07. The van der Waals surface area contributed by atoms with Crippen LogP contribution in [0.3, 0.4) is 0 Å². The molecule has 8 rings (SSSR count). The number of hydrogen-bond donors (Lipinski definition) is 0. The highest BCUT2D eigenvalue weighted by Gasteiger charge is 2.44. The van der Waals surface area contributed by atoms with Gasteiger partial charge >= 0.3 is 11.9 Å². The van der Waals surface area contributed by atoms with Gasteiger partial charge in [0.1, 0.15) is 31.3 Å². The van der Waals surface area contributed by atoms with E-state index in [2.05, 4.69) is 0 Å². The number of methoxy groups -OCH3 is 1. The van der Waals surface area contributed by atoms with Gasteiger partial charge in [-0.1, -0.05) is 127 Å². The number of hydrogen-bond acceptors (Lipinski definition) is 8. The van der Waals surface area contributed by atoms with Crippen molar-refractivity contribution >= 4 is 32.7 Å². The van der Waals surface area contributed by atoms with E-state index in [0.717, 1.165) is 38.6 Å². The number of sulfonamides is 1. The van der Waals surface area contributed by atoms with Crippen LogP contribution < -0.4 is 9.47 Å². The van der Waals surface area contributed by atoms with Gasteiger partial charge in [-0.2, -0.15) is 4.31 Å². The van der Waals surface area contributed by atoms with Crippen LogP contribution >= 0.6 is 0 Å². The first-order valence-electron chi connectivity index (χ1n) is 20.1. The number of benzene rings is 7. The van der Waals surface area contributed by atoms with E-state index in [-0.39, 0.29) is 31.1 Å². The molecule has 2 atom stereocenters. The molecule has 61 heavy (non-hydrogen) atoms. The van der Waals surface area contributed by atoms with Crippen LogP contribution in [0.25, 0.3) is 21.9 Å². The molecule has 0 saturated heterocycles. The van der Waals surface area contributed by atoms with Crippen molar-refractivity contribution in [3.63, 3.8) is 0 Å². The third-order valence-corrected chi connectivity index (χ3v) is 13.1. The molecule has 0 aliphatic carbocycles. The predicted octanol–water partition coefficient (Wildman–Crippen LogP) is 10.3. The van der Waals surface area contributed by atoms with Crippen molar-refractivity contribution in [1.82, 2.24) is 4.31 Å². The summed E-state index contributed by atoms with van der Waals surface area (Å²) in [6.45, 7) is 3.95. The summed E-state index contributed by atoms with van der Waals surface area (Å²) in [7, 11) is -2.86. The summed E-state index contributed by atoms with van der Waals surface area (Å²) in [5.41, 5.74) is 6.41. The third kappa shape index (κ3) is 8.64. The second-order valence-electron chi connectivity index (χ2n) is 15.1. The van der Waals surface area contributed by atoms with Gasteiger partial charge in [0.15, 0.2) is 0 Å². The lowest BCUT2D eigenvalue weighted by molar-refractivity contribution is 0.0388. The molecule has 0 spiro atoms. The van der Waals surface area contributed by atoms with E-state index in [4.69, 9.17) is 18.9 Å². The predicted molar refractivity (Wildman–Crippen MR) is 235 cm³/mol. The first kappa shape index (κ1) is 41.0. The highest BCUT2D eigenvalue weighted by atomic mass is 32.2. The standard InChI is InChI=1S/C51H45NO8S/c1-34-21-27-42(28-22-34)61(55,56)52-35(2)48-45(29-41(52)33-60-51(54)44-20-12-18-38-17-10-11-19-43(38)44)49(39-23-25-40(26-24-39)50(53)57-3)47(59-32-37-15-8-5-9-16-37)30-46(48)58-31-36-13-6-4-7-14-36/h4-28,30,35,41H,29,31-33H2,1-3H3/t35-,41+/m1/s1. The summed E-state index contributed by atoms with van der Waals surface area (Å²) < 4.78 is 55.9. The van der Waals surface area contributed by atoms with E-state index in [0.29, 0.717) is 33.8 Å². The van der Waals surface area contributed by atoms with Crippen molar-refractivity contribution in [2.45, 2.75) is 50.5 Å². The molecule has 1 aliphatic heterocycles. The highest BCUT2D eigenvalue weighted by Crippen LogP contribution is 2.50. The molecule has 7 aromatic carbocycles. The number of carbonyl (C=O) groups excluding carboxylic acids is 2. The maximum Gasteiger partial charge on any atom is 0.338 e. The molecule has 0 N–H and O–H groups in total. The van der Waals surface area contributed by atoms with Crippen molar-refractivity contribution in [3.8, 4) is 22.6 Å². The van der Waals surface area contributed by atoms with Gasteiger partial charge in [0.25, 0.3) is 0 Å². The SMILES string of the molecule is COC(=O)c1ccc(-c2c(OCc3ccccc3)cc(OCc3ccccc3)c3c2C[C@@H](COC(=O)c2cccc4ccccc24)N(S(=O)(=O)c2ccc(C)cc2)[C@@H]3C)cc1. The lowest BCUT2D eigenvalue weighted by atomic mass is 9.83. The smallest absolute Gasteiger partial charge is 0.338 e. The topological polar surface area (TPSA) is 108 Å². The van der Waals surface area contributed by atoms with Crippen LogP contribution in [0.15, 0.2) is 163 Å². The molecule has 1 aliphatic rings. The van der Waals surface area contributed by atoms with Crippen LogP contribution in [0.1, 0.15) is 61.5 Å². The summed E-state index contributed by atoms with van der Waals surface area (Å²) in [4.78, 5) is 26.6. The van der Waals surface area contributed by atoms with Crippen LogP contribution in [0.5, 0.6) is 11.5 Å². The lowest BCUT2D eigenvalue weighted by Gasteiger charge is -2.42. The Morgan fingerprint density at radius 2 is 1.30 bits per heavy atom. The average Bonchev–Trinajstić information content (AvgIpc) is 3.29. The Labute approximate surface area is 356 Å². The van der Waals surface area contributed by atoms with Crippen LogP contribution in [0.2, 0.25) is 0 Å². The summed E-state index contributed by atoms with van der Waals surface area (Å²) in [6.07, 6.45) is 0.131. The molecule has 10 heteroatoms. The molecule has 0 unspecified atom stereocenters. The average molecular weight is 832 g/mol. The number of rotatable bonds is 13. The molecule has 0 radical (unpaired) electrons. The minimum absolute atomic E-state index is 0.118. The number of nitrogens with zero attached hydrogens (tertiary/aromatic N) is 1. The molecular formula is C51H45NO8S. The molecule has 0 saturated carbocycles. The van der Waals surface area contributed by atoms with Gasteiger partial charge < -0.3 is 18.9 Å². The first-order chi connectivity index (χ1) is 29.6. The molecular weight excluding hydrogens is 787 g/mol. The van der Waals surface area contributed by atoms with E-state index < -0.39 is 34.0 Å². The maximum absolute atomic E-state index is 15.0. The van der Waals surface area contributed by atoms with Gasteiger partial charge in [-0.25, -0.2) is 18.0 Å². The van der Waals surface area contributed by atoms with Gasteiger partial charge in [-0.15, -0.1) is 0 Å². The Morgan fingerprint density at radius 3 is 1.95 bits per heavy atom. The minimum atomic E-state index is -4.20. The Balaban J connectivity index is 1.30. The number of carbonyl (C=O) groups is 2. The summed E-state index contributed by atoms with van der Waals surface area (Å²) in [6, 6.07) is 46.5. The largest absolute Gasteiger partial charge is 0.488 e. The molecule has 0 amide bonds. The molecule has 9 nitrogen and oxygen atoms in total. The van der Waals surface area contributed by atoms with E-state index in [1.165, 1.54) is 11.4 Å². The normalized spacial score (nSPS) is 15.1. The lowest BCUT2D eigenvalue weighted by Crippen LogP contribution is -2.49. The maximum atomic E-state index is 15.0. The summed E-state index contributed by atoms with van der Waals surface area (Å²) in [5, 5.41) is 1.62. The summed E-state index contributed by atoms with van der Waals surface area (Å²) in [5.74, 6) is -0.0736. The van der Waals surface area contributed by atoms with E-state index in [9.17, 15) is 18.0 Å². The van der Waals surface area contributed by atoms with E-state index in [1.54, 1.807) is 48.5 Å². The van der Waals surface area contributed by atoms with Crippen LogP contribution in [-0.2, 0) is 39.1 Å². The minimum Gasteiger partial charge on any atom is -0.488 e. The van der Waals surface area contributed by atoms with E-state index in [1.807, 2.05) is 123 Å². The number of fused-ring (bicyclic) bond motifs is 2. The molecule has 1 heterocycles. The Hall–Kier alpha value is -6.75. The Morgan fingerprint density at radius 1 is 0.689 bits per heavy atom. The molecule has 308 valence electrons. The third-order valence-electron chi connectivity index (χ3n) is 11.1. The second kappa shape index (κ2) is 17.8. The quantitative estimate of drug-likeness (QED) is 0.106.